The molecule has 1 aliphatic rings. The predicted octanol–water partition coefficient (Wildman–Crippen LogP) is -1.02. The van der Waals surface area contributed by atoms with E-state index in [0.29, 0.717) is 0 Å². The summed E-state index contributed by atoms with van der Waals surface area (Å²) in [5.74, 6) is 1.17. The van der Waals surface area contributed by atoms with E-state index in [1.165, 1.54) is 0 Å². The summed E-state index contributed by atoms with van der Waals surface area (Å²) in [4.78, 5) is 47.9. The minimum Gasteiger partial charge on any atom is -0.386 e. The number of nitrogen functional groups attached to an aromatic ring is 1. The lowest BCUT2D eigenvalue weighted by molar-refractivity contribution is -0.113. The zero-order valence-corrected chi connectivity index (χ0v) is 20.4. The number of phosphoric acid groups is 3. The fourth-order valence-electron chi connectivity index (χ4n) is 3.12. The number of rotatable bonds is 9. The average Bonchev–Trinajstić information content (AvgIpc) is 3.24. The molecule has 22 heteroatoms. The molecule has 18 nitrogen and oxygen atoms in total. The predicted molar refractivity (Wildman–Crippen MR) is 113 cm³/mol. The summed E-state index contributed by atoms with van der Waals surface area (Å²) in [6, 6.07) is 0. The normalized spacial score (nSPS) is 30.6. The first-order valence-corrected chi connectivity index (χ1v) is 13.9. The van der Waals surface area contributed by atoms with E-state index in [2.05, 4.69) is 28.1 Å². The first kappa shape index (κ1) is 28.1. The molecule has 3 rings (SSSR count). The second-order valence-electron chi connectivity index (χ2n) is 6.99. The highest BCUT2D eigenvalue weighted by atomic mass is 35.5. The van der Waals surface area contributed by atoms with Gasteiger partial charge in [0, 0.05) is 0 Å². The van der Waals surface area contributed by atoms with Gasteiger partial charge in [0.05, 0.1) is 18.8 Å². The van der Waals surface area contributed by atoms with Gasteiger partial charge in [0.15, 0.2) is 23.3 Å². The third-order valence-electron chi connectivity index (χ3n) is 4.62. The second kappa shape index (κ2) is 9.42. The molecule has 3 unspecified atom stereocenters. The van der Waals surface area contributed by atoms with Crippen LogP contribution in [0.1, 0.15) is 6.23 Å². The molecule has 0 amide bonds. The highest BCUT2D eigenvalue weighted by Gasteiger charge is 2.64. The van der Waals surface area contributed by atoms with E-state index in [9.17, 15) is 33.7 Å². The number of alkyl halides is 1. The monoisotopic (exact) mass is 579 g/mol. The van der Waals surface area contributed by atoms with Gasteiger partial charge in [0.2, 0.25) is 0 Å². The summed E-state index contributed by atoms with van der Waals surface area (Å²) >= 11 is 5.90. The molecule has 0 radical (unpaired) electrons. The maximum atomic E-state index is 12.1. The molecule has 1 aliphatic heterocycles. The number of aliphatic hydroxyl groups excluding tert-OH is 1. The lowest BCUT2D eigenvalue weighted by Gasteiger charge is -2.31. The Morgan fingerprint density at radius 1 is 1.20 bits per heavy atom. The van der Waals surface area contributed by atoms with Crippen LogP contribution >= 0.6 is 35.1 Å². The van der Waals surface area contributed by atoms with Crippen LogP contribution in [0.2, 0.25) is 0 Å². The zero-order chi connectivity index (χ0) is 26.4. The first-order chi connectivity index (χ1) is 16.0. The Morgan fingerprint density at radius 2 is 1.86 bits per heavy atom. The lowest BCUT2D eigenvalue weighted by Crippen LogP contribution is -2.53. The van der Waals surface area contributed by atoms with Crippen molar-refractivity contribution in [2.75, 3.05) is 18.2 Å². The second-order valence-corrected chi connectivity index (χ2v) is 11.7. The number of imidazole rings is 1. The van der Waals surface area contributed by atoms with Gasteiger partial charge in [0.25, 0.3) is 0 Å². The summed E-state index contributed by atoms with van der Waals surface area (Å²) in [6.07, 6.45) is 3.80. The van der Waals surface area contributed by atoms with Crippen molar-refractivity contribution in [1.82, 2.24) is 19.5 Å². The number of aromatic nitrogens is 4. The number of ether oxygens (including phenoxy) is 1. The molecule has 1 fully saturated rings. The number of hydrogen-bond acceptors (Lipinski definition) is 13. The van der Waals surface area contributed by atoms with Crippen LogP contribution in [0.25, 0.3) is 11.2 Å². The molecule has 8 N–H and O–H groups in total. The van der Waals surface area contributed by atoms with Crippen molar-refractivity contribution in [2.45, 2.75) is 23.5 Å². The fraction of sp³-hybridized carbons (Fsp3) is 0.462. The van der Waals surface area contributed by atoms with Crippen molar-refractivity contribution in [3.8, 4) is 12.3 Å². The van der Waals surface area contributed by atoms with Gasteiger partial charge in [-0.15, -0.1) is 18.0 Å². The van der Waals surface area contributed by atoms with Crippen LogP contribution < -0.4 is 5.73 Å². The van der Waals surface area contributed by atoms with Crippen molar-refractivity contribution in [3.63, 3.8) is 0 Å². The number of aliphatic hydroxyl groups is 2. The fourth-order valence-corrected chi connectivity index (χ4v) is 6.49. The SMILES string of the molecule is C#C[C@]1(O)C(n2cnc3c(N)ncnc32)O[C@](CCl)(COP(=O)(O)OP(=O)(O)OP(=O)(O)O)[C@H]1O. The van der Waals surface area contributed by atoms with Gasteiger partial charge in [-0.25, -0.2) is 28.6 Å². The Bertz CT molecular complexity index is 1310. The van der Waals surface area contributed by atoms with Crippen LogP contribution in [0.3, 0.4) is 0 Å². The third kappa shape index (κ3) is 5.59. The molecule has 3 heterocycles. The largest absolute Gasteiger partial charge is 0.490 e. The Balaban J connectivity index is 1.91. The maximum Gasteiger partial charge on any atom is 0.490 e. The highest BCUT2D eigenvalue weighted by molar-refractivity contribution is 7.66. The Morgan fingerprint density at radius 3 is 2.43 bits per heavy atom. The van der Waals surface area contributed by atoms with Crippen LogP contribution in [-0.4, -0.2) is 79.1 Å². The van der Waals surface area contributed by atoms with E-state index in [-0.39, 0.29) is 17.0 Å². The van der Waals surface area contributed by atoms with Crippen molar-refractivity contribution in [2.24, 2.45) is 0 Å². The van der Waals surface area contributed by atoms with Crippen molar-refractivity contribution in [3.05, 3.63) is 12.7 Å². The Kier molecular flexibility index (Phi) is 7.55. The van der Waals surface area contributed by atoms with E-state index in [0.717, 1.165) is 17.2 Å². The lowest BCUT2D eigenvalue weighted by atomic mass is 9.88. The molecule has 0 aliphatic carbocycles. The molecule has 6 atom stereocenters. The molecule has 0 aromatic carbocycles. The third-order valence-corrected chi connectivity index (χ3v) is 8.86. The molecule has 0 spiro atoms. The Labute approximate surface area is 200 Å². The van der Waals surface area contributed by atoms with E-state index in [1.807, 2.05) is 5.92 Å². The number of halogens is 1. The van der Waals surface area contributed by atoms with Gasteiger partial charge in [-0.2, -0.15) is 8.62 Å². The summed E-state index contributed by atoms with van der Waals surface area (Å²) in [5, 5.41) is 21.9. The minimum atomic E-state index is -5.82. The average molecular weight is 580 g/mol. The number of anilines is 1. The van der Waals surface area contributed by atoms with Gasteiger partial charge in [-0.1, -0.05) is 5.92 Å². The Hall–Kier alpha value is -1.51. The van der Waals surface area contributed by atoms with Gasteiger partial charge < -0.3 is 40.3 Å². The van der Waals surface area contributed by atoms with E-state index in [1.54, 1.807) is 0 Å². The van der Waals surface area contributed by atoms with E-state index >= 15 is 0 Å². The number of fused-ring (bicyclic) bond motifs is 1. The zero-order valence-electron chi connectivity index (χ0n) is 16.9. The summed E-state index contributed by atoms with van der Waals surface area (Å²) in [7, 11) is -17.1. The molecule has 2 aromatic heterocycles. The van der Waals surface area contributed by atoms with Crippen molar-refractivity contribution < 1.29 is 61.4 Å². The van der Waals surface area contributed by atoms with Gasteiger partial charge in [0.1, 0.15) is 23.5 Å². The molecular weight excluding hydrogens is 563 g/mol. The van der Waals surface area contributed by atoms with Crippen LogP contribution in [0.4, 0.5) is 5.82 Å². The number of phosphoric ester groups is 1. The molecular formula is C13H17ClN5O13P3. The van der Waals surface area contributed by atoms with Gasteiger partial charge in [-0.05, 0) is 0 Å². The smallest absolute Gasteiger partial charge is 0.386 e. The number of terminal acetylenes is 1. The highest BCUT2D eigenvalue weighted by Crippen LogP contribution is 2.66. The standard InChI is InChI=1S/C13H17ClN5O13P3/c1-2-13(21)10(20)12(3-14,4-29-34(25,26)32-35(27,28)31-33(22,23)24)30-11(13)19-6-18-7-8(15)16-5-17-9(7)19/h1,5-6,10-11,20-21H,3-4H2,(H,25,26)(H,27,28)(H2,15,16,17)(H2,22,23,24)/t10-,11?,12-,13-/m1/s1. The van der Waals surface area contributed by atoms with Crippen LogP contribution in [-0.2, 0) is 31.6 Å². The first-order valence-electron chi connectivity index (χ1n) is 8.82. The molecule has 194 valence electrons. The van der Waals surface area contributed by atoms with Crippen LogP contribution in [0, 0.1) is 12.3 Å². The molecule has 1 saturated heterocycles. The molecule has 0 saturated carbocycles. The number of nitrogens with zero attached hydrogens (tertiary/aromatic N) is 4. The van der Waals surface area contributed by atoms with Crippen LogP contribution in [0.5, 0.6) is 0 Å². The summed E-state index contributed by atoms with van der Waals surface area (Å²) < 4.78 is 52.9. The molecule has 0 bridgehead atoms. The van der Waals surface area contributed by atoms with Crippen molar-refractivity contribution >= 4 is 52.1 Å². The quantitative estimate of drug-likeness (QED) is 0.106. The maximum absolute atomic E-state index is 12.1. The van der Waals surface area contributed by atoms with Crippen LogP contribution in [0.15, 0.2) is 12.7 Å². The topological polar surface area (TPSA) is 279 Å². The molecule has 2 aromatic rings. The number of hydrogen-bond donors (Lipinski definition) is 7. The van der Waals surface area contributed by atoms with Gasteiger partial charge >= 0.3 is 23.5 Å². The van der Waals surface area contributed by atoms with Crippen molar-refractivity contribution in [1.29, 1.82) is 0 Å². The van der Waals surface area contributed by atoms with E-state index in [4.69, 9.17) is 38.3 Å². The number of nitrogens with two attached hydrogens (primary N) is 1. The summed E-state index contributed by atoms with van der Waals surface area (Å²) in [5.41, 5.74) is 0.999. The molecule has 35 heavy (non-hydrogen) atoms. The van der Waals surface area contributed by atoms with E-state index < -0.39 is 59.5 Å². The van der Waals surface area contributed by atoms with Gasteiger partial charge in [-0.3, -0.25) is 9.09 Å². The summed E-state index contributed by atoms with van der Waals surface area (Å²) in [6.45, 7) is -1.20. The minimum absolute atomic E-state index is 0.0154.